The Hall–Kier alpha value is -1.45. The quantitative estimate of drug-likeness (QED) is 0.675. The molecule has 3 N–H and O–H groups in total. The maximum atomic E-state index is 5.97. The van der Waals surface area contributed by atoms with E-state index in [2.05, 4.69) is 19.2 Å². The Balaban J connectivity index is 0.000000239. The van der Waals surface area contributed by atoms with Crippen molar-refractivity contribution in [2.24, 2.45) is 0 Å². The van der Waals surface area contributed by atoms with Gasteiger partial charge in [-0.05, 0) is 38.1 Å². The third kappa shape index (κ3) is 6.54. The zero-order chi connectivity index (χ0) is 16.2. The Bertz CT molecular complexity index is 519. The minimum absolute atomic E-state index is 0.605. The van der Waals surface area contributed by atoms with E-state index in [0.717, 1.165) is 5.56 Å². The zero-order valence-electron chi connectivity index (χ0n) is 13.6. The molecule has 1 aromatic heterocycles. The second-order valence-electron chi connectivity index (χ2n) is 5.14. The standard InChI is InChI=1S/C10H8ClNO.C8H19N/c11-8-4-2-1-3-7(8)10-9(12)5-6-13-10;1-3-5-7-9-8-6-4-2/h1-6H,12H2;9H,3-8H2,1-2H3. The van der Waals surface area contributed by atoms with E-state index in [1.54, 1.807) is 18.4 Å². The lowest BCUT2D eigenvalue weighted by atomic mass is 10.1. The third-order valence-electron chi connectivity index (χ3n) is 3.23. The minimum Gasteiger partial charge on any atom is -0.462 e. The van der Waals surface area contributed by atoms with Crippen molar-refractivity contribution < 1.29 is 4.42 Å². The lowest BCUT2D eigenvalue weighted by molar-refractivity contribution is 0.583. The van der Waals surface area contributed by atoms with E-state index in [1.165, 1.54) is 38.8 Å². The lowest BCUT2D eigenvalue weighted by Gasteiger charge is -2.00. The second-order valence-corrected chi connectivity index (χ2v) is 5.55. The van der Waals surface area contributed by atoms with E-state index in [-0.39, 0.29) is 0 Å². The first kappa shape index (κ1) is 18.6. The molecule has 0 bridgehead atoms. The number of furan rings is 1. The molecule has 0 fully saturated rings. The van der Waals surface area contributed by atoms with Crippen molar-refractivity contribution in [1.82, 2.24) is 5.32 Å². The molecule has 4 heteroatoms. The van der Waals surface area contributed by atoms with Crippen LogP contribution in [0.15, 0.2) is 41.0 Å². The van der Waals surface area contributed by atoms with Gasteiger partial charge in [-0.15, -0.1) is 0 Å². The first-order valence-electron chi connectivity index (χ1n) is 7.99. The highest BCUT2D eigenvalue weighted by Crippen LogP contribution is 2.32. The van der Waals surface area contributed by atoms with Gasteiger partial charge in [0.05, 0.1) is 17.0 Å². The summed E-state index contributed by atoms with van der Waals surface area (Å²) in [6.45, 7) is 6.86. The highest BCUT2D eigenvalue weighted by atomic mass is 35.5. The molecule has 1 aromatic carbocycles. The van der Waals surface area contributed by atoms with Crippen LogP contribution in [0, 0.1) is 0 Å². The molecule has 0 aliphatic rings. The maximum Gasteiger partial charge on any atom is 0.158 e. The summed E-state index contributed by atoms with van der Waals surface area (Å²) in [7, 11) is 0. The van der Waals surface area contributed by atoms with Crippen LogP contribution in [0.4, 0.5) is 5.69 Å². The molecule has 22 heavy (non-hydrogen) atoms. The molecule has 1 heterocycles. The number of halogens is 1. The molecule has 2 rings (SSSR count). The minimum atomic E-state index is 0.605. The van der Waals surface area contributed by atoms with Crippen LogP contribution >= 0.6 is 11.6 Å². The fraction of sp³-hybridized carbons (Fsp3) is 0.444. The van der Waals surface area contributed by atoms with Crippen LogP contribution in [0.2, 0.25) is 5.02 Å². The average Bonchev–Trinajstić information content (AvgIpc) is 2.94. The van der Waals surface area contributed by atoms with Crippen LogP contribution in [0.5, 0.6) is 0 Å². The number of nitrogens with one attached hydrogen (secondary N) is 1. The van der Waals surface area contributed by atoms with Crippen molar-refractivity contribution in [2.75, 3.05) is 18.8 Å². The zero-order valence-corrected chi connectivity index (χ0v) is 14.3. The van der Waals surface area contributed by atoms with Gasteiger partial charge in [-0.2, -0.15) is 0 Å². The molecule has 0 saturated heterocycles. The summed E-state index contributed by atoms with van der Waals surface area (Å²) in [5.41, 5.74) is 7.12. The predicted octanol–water partition coefficient (Wildman–Crippen LogP) is 5.36. The van der Waals surface area contributed by atoms with Gasteiger partial charge in [0, 0.05) is 11.6 Å². The van der Waals surface area contributed by atoms with Crippen LogP contribution in [-0.2, 0) is 0 Å². The van der Waals surface area contributed by atoms with E-state index in [4.69, 9.17) is 21.8 Å². The van der Waals surface area contributed by atoms with Gasteiger partial charge in [-0.25, -0.2) is 0 Å². The number of anilines is 1. The van der Waals surface area contributed by atoms with E-state index in [1.807, 2.05) is 18.2 Å². The highest BCUT2D eigenvalue weighted by Gasteiger charge is 2.08. The smallest absolute Gasteiger partial charge is 0.158 e. The fourth-order valence-corrected chi connectivity index (χ4v) is 2.13. The number of hydrogen-bond donors (Lipinski definition) is 2. The van der Waals surface area contributed by atoms with Gasteiger partial charge in [-0.1, -0.05) is 50.4 Å². The maximum absolute atomic E-state index is 5.97. The van der Waals surface area contributed by atoms with Crippen molar-refractivity contribution in [3.05, 3.63) is 41.6 Å². The van der Waals surface area contributed by atoms with Gasteiger partial charge < -0.3 is 15.5 Å². The molecular formula is C18H27ClN2O. The first-order chi connectivity index (χ1) is 10.7. The SMILES string of the molecule is CCCCNCCCC.Nc1ccoc1-c1ccccc1Cl. The summed E-state index contributed by atoms with van der Waals surface area (Å²) >= 11 is 5.97. The van der Waals surface area contributed by atoms with Crippen LogP contribution < -0.4 is 11.1 Å². The van der Waals surface area contributed by atoms with E-state index in [9.17, 15) is 0 Å². The molecule has 0 radical (unpaired) electrons. The summed E-state index contributed by atoms with van der Waals surface area (Å²) in [5.74, 6) is 0.630. The van der Waals surface area contributed by atoms with Crippen LogP contribution in [0.1, 0.15) is 39.5 Å². The fourth-order valence-electron chi connectivity index (χ4n) is 1.91. The summed E-state index contributed by atoms with van der Waals surface area (Å²) in [4.78, 5) is 0. The van der Waals surface area contributed by atoms with Gasteiger partial charge in [0.15, 0.2) is 5.76 Å². The van der Waals surface area contributed by atoms with Crippen LogP contribution in [-0.4, -0.2) is 13.1 Å². The first-order valence-corrected chi connectivity index (χ1v) is 8.37. The van der Waals surface area contributed by atoms with Crippen molar-refractivity contribution in [1.29, 1.82) is 0 Å². The van der Waals surface area contributed by atoms with Gasteiger partial charge >= 0.3 is 0 Å². The topological polar surface area (TPSA) is 51.2 Å². The molecule has 0 aliphatic carbocycles. The summed E-state index contributed by atoms with van der Waals surface area (Å²) in [6.07, 6.45) is 6.81. The van der Waals surface area contributed by atoms with E-state index >= 15 is 0 Å². The molecule has 0 saturated carbocycles. The number of nitrogen functional groups attached to an aromatic ring is 1. The Labute approximate surface area is 138 Å². The molecule has 3 nitrogen and oxygen atoms in total. The molecule has 0 amide bonds. The number of hydrogen-bond acceptors (Lipinski definition) is 3. The molecule has 0 spiro atoms. The summed E-state index contributed by atoms with van der Waals surface area (Å²) < 4.78 is 5.22. The number of nitrogens with two attached hydrogens (primary N) is 1. The van der Waals surface area contributed by atoms with Crippen molar-refractivity contribution in [3.8, 4) is 11.3 Å². The Morgan fingerprint density at radius 1 is 1.05 bits per heavy atom. The molecule has 0 unspecified atom stereocenters. The number of unbranched alkanes of at least 4 members (excludes halogenated alkanes) is 2. The van der Waals surface area contributed by atoms with Crippen LogP contribution in [0.25, 0.3) is 11.3 Å². The molecule has 0 aliphatic heterocycles. The van der Waals surface area contributed by atoms with Crippen molar-refractivity contribution in [2.45, 2.75) is 39.5 Å². The van der Waals surface area contributed by atoms with Gasteiger partial charge in [-0.3, -0.25) is 0 Å². The van der Waals surface area contributed by atoms with Crippen molar-refractivity contribution >= 4 is 17.3 Å². The Morgan fingerprint density at radius 3 is 2.18 bits per heavy atom. The third-order valence-corrected chi connectivity index (χ3v) is 3.56. The molecule has 0 atom stereocenters. The average molecular weight is 323 g/mol. The van der Waals surface area contributed by atoms with Gasteiger partial charge in [0.2, 0.25) is 0 Å². The van der Waals surface area contributed by atoms with Gasteiger partial charge in [0.1, 0.15) is 0 Å². The van der Waals surface area contributed by atoms with Crippen LogP contribution in [0.3, 0.4) is 0 Å². The largest absolute Gasteiger partial charge is 0.462 e. The normalized spacial score (nSPS) is 10.1. The summed E-state index contributed by atoms with van der Waals surface area (Å²) in [6, 6.07) is 9.14. The molecule has 2 aromatic rings. The van der Waals surface area contributed by atoms with Crippen molar-refractivity contribution in [3.63, 3.8) is 0 Å². The monoisotopic (exact) mass is 322 g/mol. The van der Waals surface area contributed by atoms with Gasteiger partial charge in [0.25, 0.3) is 0 Å². The number of rotatable bonds is 7. The van der Waals surface area contributed by atoms with E-state index in [0.29, 0.717) is 16.5 Å². The number of benzene rings is 1. The molecule has 122 valence electrons. The van der Waals surface area contributed by atoms with E-state index < -0.39 is 0 Å². The Kier molecular flexibility index (Phi) is 9.44. The summed E-state index contributed by atoms with van der Waals surface area (Å²) in [5, 5.41) is 4.03. The highest BCUT2D eigenvalue weighted by molar-refractivity contribution is 6.33. The predicted molar refractivity (Wildman–Crippen MR) is 96.3 cm³/mol. The Morgan fingerprint density at radius 2 is 1.68 bits per heavy atom. The molecular weight excluding hydrogens is 296 g/mol. The lowest BCUT2D eigenvalue weighted by Crippen LogP contribution is -2.15. The second kappa shape index (κ2) is 11.2.